The maximum Gasteiger partial charge on any atom is 0.263 e. The van der Waals surface area contributed by atoms with Gasteiger partial charge in [-0.15, -0.1) is 16.4 Å². The number of benzene rings is 1. The SMILES string of the molecule is BC(B)(NC(=O)c1sc2nnc(C)c(C)c2c1N)c1ccc(OC)cc1. The number of ether oxygens (including phenoxy) is 1. The number of fused-ring (bicyclic) bond motifs is 1. The van der Waals surface area contributed by atoms with Crippen LogP contribution in [0.25, 0.3) is 10.2 Å². The molecular weight excluding hydrogens is 346 g/mol. The van der Waals surface area contributed by atoms with Gasteiger partial charge in [0.05, 0.1) is 18.5 Å². The van der Waals surface area contributed by atoms with Crippen LogP contribution in [0, 0.1) is 13.8 Å². The number of rotatable bonds is 4. The summed E-state index contributed by atoms with van der Waals surface area (Å²) < 4.78 is 5.19. The zero-order valence-corrected chi connectivity index (χ0v) is 16.3. The van der Waals surface area contributed by atoms with Crippen molar-refractivity contribution in [1.82, 2.24) is 15.5 Å². The molecule has 0 saturated heterocycles. The fourth-order valence-corrected chi connectivity index (χ4v) is 3.83. The second-order valence-electron chi connectivity index (χ2n) is 6.74. The van der Waals surface area contributed by atoms with Gasteiger partial charge in [0.2, 0.25) is 0 Å². The standard InChI is InChI=1S/C17H20B2N4O2S/c1-8-9(2)22-23-16-12(8)13(20)14(26-16)15(24)21-17(18,19)10-4-6-11(25-3)7-5-10/h4-7H,18-20H2,1-3H3,(H,21,24). The lowest BCUT2D eigenvalue weighted by molar-refractivity contribution is 0.0947. The van der Waals surface area contributed by atoms with E-state index in [0.717, 1.165) is 28.0 Å². The van der Waals surface area contributed by atoms with E-state index < -0.39 is 5.34 Å². The van der Waals surface area contributed by atoms with Crippen LogP contribution < -0.4 is 15.8 Å². The van der Waals surface area contributed by atoms with Crippen molar-refractivity contribution >= 4 is 48.8 Å². The lowest BCUT2D eigenvalue weighted by Gasteiger charge is -2.27. The lowest BCUT2D eigenvalue weighted by atomic mass is 9.58. The summed E-state index contributed by atoms with van der Waals surface area (Å²) in [6, 6.07) is 7.62. The first-order valence-corrected chi connectivity index (χ1v) is 9.05. The average Bonchev–Trinajstić information content (AvgIpc) is 2.95. The van der Waals surface area contributed by atoms with Gasteiger partial charge in [0.25, 0.3) is 5.91 Å². The van der Waals surface area contributed by atoms with E-state index in [4.69, 9.17) is 10.5 Å². The number of aryl methyl sites for hydroxylation is 2. The Balaban J connectivity index is 1.93. The molecule has 3 aromatic rings. The van der Waals surface area contributed by atoms with Crippen LogP contribution in [0.5, 0.6) is 5.75 Å². The maximum absolute atomic E-state index is 12.9. The molecule has 9 heteroatoms. The van der Waals surface area contributed by atoms with Crippen LogP contribution in [0.3, 0.4) is 0 Å². The monoisotopic (exact) mass is 366 g/mol. The number of methoxy groups -OCH3 is 1. The topological polar surface area (TPSA) is 90.1 Å². The highest BCUT2D eigenvalue weighted by atomic mass is 32.1. The molecule has 0 atom stereocenters. The Morgan fingerprint density at radius 2 is 1.88 bits per heavy atom. The summed E-state index contributed by atoms with van der Waals surface area (Å²) in [7, 11) is 5.52. The molecule has 0 saturated carbocycles. The van der Waals surface area contributed by atoms with E-state index in [2.05, 4.69) is 15.5 Å². The van der Waals surface area contributed by atoms with E-state index in [1.165, 1.54) is 11.3 Å². The number of nitrogen functional groups attached to an aromatic ring is 1. The molecular formula is C17H20B2N4O2S. The Morgan fingerprint density at radius 1 is 1.23 bits per heavy atom. The third kappa shape index (κ3) is 3.14. The van der Waals surface area contributed by atoms with Crippen LogP contribution in [0.15, 0.2) is 24.3 Å². The number of anilines is 1. The molecule has 0 bridgehead atoms. The van der Waals surface area contributed by atoms with Crippen LogP contribution in [0.4, 0.5) is 5.69 Å². The van der Waals surface area contributed by atoms with Crippen LogP contribution in [0.2, 0.25) is 0 Å². The Bertz CT molecular complexity index is 987. The smallest absolute Gasteiger partial charge is 0.263 e. The number of nitrogens with one attached hydrogen (secondary N) is 1. The van der Waals surface area contributed by atoms with E-state index >= 15 is 0 Å². The summed E-state index contributed by atoms with van der Waals surface area (Å²) in [6.07, 6.45) is 0. The molecule has 26 heavy (non-hydrogen) atoms. The molecule has 1 aromatic carbocycles. The highest BCUT2D eigenvalue weighted by Crippen LogP contribution is 2.35. The van der Waals surface area contributed by atoms with Gasteiger partial charge in [-0.25, -0.2) is 0 Å². The van der Waals surface area contributed by atoms with Crippen LogP contribution in [-0.2, 0) is 5.34 Å². The van der Waals surface area contributed by atoms with E-state index in [-0.39, 0.29) is 5.91 Å². The predicted octanol–water partition coefficient (Wildman–Crippen LogP) is 0.705. The van der Waals surface area contributed by atoms with Gasteiger partial charge in [0.15, 0.2) is 0 Å². The summed E-state index contributed by atoms with van der Waals surface area (Å²) in [5.41, 5.74) is 9.47. The number of carbonyl (C=O) groups is 1. The van der Waals surface area contributed by atoms with Gasteiger partial charge >= 0.3 is 0 Å². The number of aromatic nitrogens is 2. The average molecular weight is 366 g/mol. The number of carbonyl (C=O) groups excluding carboxylic acids is 1. The van der Waals surface area contributed by atoms with E-state index in [1.54, 1.807) is 7.11 Å². The predicted molar refractivity (Wildman–Crippen MR) is 111 cm³/mol. The van der Waals surface area contributed by atoms with Gasteiger partial charge in [0.1, 0.15) is 31.1 Å². The van der Waals surface area contributed by atoms with Crippen molar-refractivity contribution in [2.45, 2.75) is 19.2 Å². The van der Waals surface area contributed by atoms with Crippen molar-refractivity contribution < 1.29 is 9.53 Å². The first-order chi connectivity index (χ1) is 12.2. The summed E-state index contributed by atoms with van der Waals surface area (Å²) in [6.45, 7) is 3.82. The van der Waals surface area contributed by atoms with E-state index in [1.807, 2.05) is 53.8 Å². The van der Waals surface area contributed by atoms with Gasteiger partial charge in [-0.05, 0) is 37.1 Å². The molecule has 2 aromatic heterocycles. The number of nitrogens with zero attached hydrogens (tertiary/aromatic N) is 2. The van der Waals surface area contributed by atoms with Crippen molar-refractivity contribution in [3.05, 3.63) is 46.0 Å². The minimum absolute atomic E-state index is 0.219. The van der Waals surface area contributed by atoms with Crippen molar-refractivity contribution in [3.8, 4) is 5.75 Å². The Kier molecular flexibility index (Phi) is 4.66. The molecule has 132 valence electrons. The van der Waals surface area contributed by atoms with Gasteiger partial charge in [-0.1, -0.05) is 12.1 Å². The minimum atomic E-state index is -0.567. The third-order valence-corrected chi connectivity index (χ3v) is 5.67. The Morgan fingerprint density at radius 3 is 2.50 bits per heavy atom. The molecule has 1 amide bonds. The fraction of sp³-hybridized carbons (Fsp3) is 0.235. The molecule has 3 rings (SSSR count). The van der Waals surface area contributed by atoms with Crippen molar-refractivity contribution in [1.29, 1.82) is 0 Å². The molecule has 0 aliphatic rings. The Labute approximate surface area is 158 Å². The molecule has 0 fully saturated rings. The maximum atomic E-state index is 12.9. The zero-order valence-electron chi connectivity index (χ0n) is 15.5. The first kappa shape index (κ1) is 18.3. The van der Waals surface area contributed by atoms with Crippen LogP contribution in [0.1, 0.15) is 26.5 Å². The number of amides is 1. The lowest BCUT2D eigenvalue weighted by Crippen LogP contribution is -2.46. The molecule has 0 radical (unpaired) electrons. The van der Waals surface area contributed by atoms with Crippen molar-refractivity contribution in [3.63, 3.8) is 0 Å². The molecule has 0 aliphatic heterocycles. The first-order valence-electron chi connectivity index (χ1n) is 8.23. The van der Waals surface area contributed by atoms with Crippen LogP contribution in [-0.4, -0.2) is 38.9 Å². The summed E-state index contributed by atoms with van der Waals surface area (Å²) in [5.74, 6) is 0.553. The normalized spacial score (nSPS) is 11.5. The number of hydrogen-bond acceptors (Lipinski definition) is 6. The highest BCUT2D eigenvalue weighted by Gasteiger charge is 2.27. The third-order valence-electron chi connectivity index (χ3n) is 4.58. The molecule has 2 heterocycles. The quantitative estimate of drug-likeness (QED) is 0.664. The fourth-order valence-electron chi connectivity index (χ4n) is 2.83. The van der Waals surface area contributed by atoms with Gasteiger partial charge in [-0.2, -0.15) is 5.10 Å². The van der Waals surface area contributed by atoms with E-state index in [9.17, 15) is 4.79 Å². The Hall–Kier alpha value is -2.54. The number of nitrogens with two attached hydrogens (primary N) is 1. The molecule has 3 N–H and O–H groups in total. The number of hydrogen-bond donors (Lipinski definition) is 2. The van der Waals surface area contributed by atoms with Crippen LogP contribution >= 0.6 is 11.3 Å². The largest absolute Gasteiger partial charge is 0.497 e. The van der Waals surface area contributed by atoms with Gasteiger partial charge in [0, 0.05) is 10.7 Å². The highest BCUT2D eigenvalue weighted by molar-refractivity contribution is 7.21. The van der Waals surface area contributed by atoms with E-state index in [0.29, 0.717) is 15.4 Å². The minimum Gasteiger partial charge on any atom is -0.497 e. The van der Waals surface area contributed by atoms with Gasteiger partial charge in [-0.3, -0.25) is 4.79 Å². The summed E-state index contributed by atoms with van der Waals surface area (Å²) in [4.78, 5) is 14.0. The van der Waals surface area contributed by atoms with Crippen molar-refractivity contribution in [2.24, 2.45) is 0 Å². The zero-order chi connectivity index (χ0) is 19.1. The molecule has 0 aliphatic carbocycles. The molecule has 6 nitrogen and oxygen atoms in total. The second kappa shape index (κ2) is 6.64. The van der Waals surface area contributed by atoms with Crippen molar-refractivity contribution in [2.75, 3.05) is 12.8 Å². The summed E-state index contributed by atoms with van der Waals surface area (Å²) in [5, 5.41) is 11.6. The molecule has 0 spiro atoms. The molecule has 0 unspecified atom stereocenters. The van der Waals surface area contributed by atoms with Gasteiger partial charge < -0.3 is 15.8 Å². The second-order valence-corrected chi connectivity index (χ2v) is 7.74. The number of thiophene rings is 1. The summed E-state index contributed by atoms with van der Waals surface area (Å²) >= 11 is 1.27.